The number of nitro benzene ring substituents is 1. The van der Waals surface area contributed by atoms with Gasteiger partial charge < -0.3 is 14.6 Å². The number of nitro groups is 1. The smallest absolute Gasteiger partial charge is 0.315 e. The van der Waals surface area contributed by atoms with Crippen molar-refractivity contribution in [3.8, 4) is 17.2 Å². The number of benzene rings is 2. The van der Waals surface area contributed by atoms with E-state index in [1.807, 2.05) is 0 Å². The summed E-state index contributed by atoms with van der Waals surface area (Å²) >= 11 is 5.95. The van der Waals surface area contributed by atoms with Crippen LogP contribution in [0, 0.1) is 10.1 Å². The van der Waals surface area contributed by atoms with E-state index in [2.05, 4.69) is 0 Å². The van der Waals surface area contributed by atoms with Crippen LogP contribution in [0.2, 0.25) is 5.02 Å². The molecule has 2 rings (SSSR count). The van der Waals surface area contributed by atoms with Crippen molar-refractivity contribution >= 4 is 17.3 Å². The maximum absolute atomic E-state index is 11.1. The Morgan fingerprint density at radius 3 is 2.67 bits per heavy atom. The largest absolute Gasteiger partial charge is 0.496 e. The first-order valence-corrected chi connectivity index (χ1v) is 6.33. The van der Waals surface area contributed by atoms with Gasteiger partial charge in [0.2, 0.25) is 5.75 Å². The number of halogens is 1. The lowest BCUT2D eigenvalue weighted by molar-refractivity contribution is -0.385. The van der Waals surface area contributed by atoms with E-state index in [1.54, 1.807) is 24.3 Å². The Labute approximate surface area is 125 Å². The van der Waals surface area contributed by atoms with Gasteiger partial charge in [-0.1, -0.05) is 17.7 Å². The standard InChI is InChI=1S/C14H12ClNO5/c1-20-9-5-6-14(12(7-9)16(18)19)21-13-4-2-3-11(15)10(13)8-17/h2-7,17H,8H2,1H3. The number of aliphatic hydroxyl groups is 1. The first-order valence-electron chi connectivity index (χ1n) is 5.95. The number of rotatable bonds is 5. The van der Waals surface area contributed by atoms with E-state index in [0.717, 1.165) is 0 Å². The zero-order chi connectivity index (χ0) is 15.4. The first-order chi connectivity index (χ1) is 10.1. The van der Waals surface area contributed by atoms with E-state index >= 15 is 0 Å². The average Bonchev–Trinajstić information content (AvgIpc) is 2.47. The van der Waals surface area contributed by atoms with Crippen LogP contribution in [-0.4, -0.2) is 17.1 Å². The minimum atomic E-state index is -0.568. The summed E-state index contributed by atoms with van der Waals surface area (Å²) in [6, 6.07) is 9.04. The fourth-order valence-corrected chi connectivity index (χ4v) is 1.99. The molecule has 2 aromatic rings. The molecule has 21 heavy (non-hydrogen) atoms. The van der Waals surface area contributed by atoms with Crippen LogP contribution in [0.4, 0.5) is 5.69 Å². The van der Waals surface area contributed by atoms with Gasteiger partial charge >= 0.3 is 5.69 Å². The Morgan fingerprint density at radius 1 is 1.29 bits per heavy atom. The van der Waals surface area contributed by atoms with Crippen LogP contribution in [0.25, 0.3) is 0 Å². The van der Waals surface area contributed by atoms with Crippen molar-refractivity contribution in [2.24, 2.45) is 0 Å². The molecule has 0 heterocycles. The molecular weight excluding hydrogens is 298 g/mol. The molecule has 0 aromatic heterocycles. The normalized spacial score (nSPS) is 10.2. The zero-order valence-electron chi connectivity index (χ0n) is 11.1. The van der Waals surface area contributed by atoms with Gasteiger partial charge in [-0.3, -0.25) is 10.1 Å². The zero-order valence-corrected chi connectivity index (χ0v) is 11.8. The molecule has 0 saturated heterocycles. The molecule has 0 radical (unpaired) electrons. The maximum atomic E-state index is 11.1. The topological polar surface area (TPSA) is 81.8 Å². The predicted octanol–water partition coefficient (Wildman–Crippen LogP) is 3.54. The first kappa shape index (κ1) is 15.1. The third-order valence-corrected chi connectivity index (χ3v) is 3.17. The molecule has 7 heteroatoms. The number of hydrogen-bond acceptors (Lipinski definition) is 5. The molecule has 0 spiro atoms. The van der Waals surface area contributed by atoms with Crippen molar-refractivity contribution in [1.82, 2.24) is 0 Å². The third kappa shape index (κ3) is 3.24. The van der Waals surface area contributed by atoms with Crippen molar-refractivity contribution in [3.05, 3.63) is 57.1 Å². The summed E-state index contributed by atoms with van der Waals surface area (Å²) in [5.74, 6) is 0.651. The number of methoxy groups -OCH3 is 1. The molecule has 0 amide bonds. The molecule has 0 fully saturated rings. The van der Waals surface area contributed by atoms with E-state index in [4.69, 9.17) is 21.1 Å². The van der Waals surface area contributed by atoms with E-state index in [1.165, 1.54) is 19.2 Å². The molecule has 0 atom stereocenters. The quantitative estimate of drug-likeness (QED) is 0.674. The van der Waals surface area contributed by atoms with Crippen LogP contribution >= 0.6 is 11.6 Å². The summed E-state index contributed by atoms with van der Waals surface area (Å²) in [6.07, 6.45) is 0. The molecule has 0 aliphatic heterocycles. The van der Waals surface area contributed by atoms with E-state index in [9.17, 15) is 15.2 Å². The fourth-order valence-electron chi connectivity index (χ4n) is 1.76. The van der Waals surface area contributed by atoms with Gasteiger partial charge in [-0.2, -0.15) is 0 Å². The molecule has 0 aliphatic carbocycles. The number of hydrogen-bond donors (Lipinski definition) is 1. The number of ether oxygens (including phenoxy) is 2. The second-order valence-electron chi connectivity index (χ2n) is 4.07. The van der Waals surface area contributed by atoms with Crippen molar-refractivity contribution in [3.63, 3.8) is 0 Å². The third-order valence-electron chi connectivity index (χ3n) is 2.82. The molecule has 0 saturated carbocycles. The Hall–Kier alpha value is -2.31. The Bertz CT molecular complexity index is 674. The monoisotopic (exact) mass is 309 g/mol. The van der Waals surface area contributed by atoms with E-state index in [-0.39, 0.29) is 23.8 Å². The van der Waals surface area contributed by atoms with Crippen LogP contribution < -0.4 is 9.47 Å². The van der Waals surface area contributed by atoms with Crippen molar-refractivity contribution < 1.29 is 19.5 Å². The van der Waals surface area contributed by atoms with Crippen molar-refractivity contribution in [2.45, 2.75) is 6.61 Å². The predicted molar refractivity (Wildman–Crippen MR) is 77.1 cm³/mol. The minimum Gasteiger partial charge on any atom is -0.496 e. The van der Waals surface area contributed by atoms with Gasteiger partial charge in [-0.25, -0.2) is 0 Å². The fraction of sp³-hybridized carbons (Fsp3) is 0.143. The van der Waals surface area contributed by atoms with E-state index in [0.29, 0.717) is 16.3 Å². The minimum absolute atomic E-state index is 0.0396. The number of aliphatic hydroxyl groups excluding tert-OH is 1. The highest BCUT2D eigenvalue weighted by Crippen LogP contribution is 2.37. The molecule has 110 valence electrons. The molecule has 0 unspecified atom stereocenters. The second-order valence-corrected chi connectivity index (χ2v) is 4.47. The molecular formula is C14H12ClNO5. The maximum Gasteiger partial charge on any atom is 0.315 e. The number of nitrogens with zero attached hydrogens (tertiary/aromatic N) is 1. The molecule has 2 aromatic carbocycles. The van der Waals surface area contributed by atoms with Gasteiger partial charge in [0.25, 0.3) is 0 Å². The Kier molecular flexibility index (Phi) is 4.62. The van der Waals surface area contributed by atoms with Gasteiger partial charge in [0.05, 0.1) is 24.7 Å². The van der Waals surface area contributed by atoms with Gasteiger partial charge in [0, 0.05) is 10.6 Å². The van der Waals surface area contributed by atoms with Crippen LogP contribution in [0.1, 0.15) is 5.56 Å². The lowest BCUT2D eigenvalue weighted by Gasteiger charge is -2.11. The van der Waals surface area contributed by atoms with Gasteiger partial charge in [-0.05, 0) is 24.3 Å². The summed E-state index contributed by atoms with van der Waals surface area (Å²) < 4.78 is 10.5. The molecule has 6 nitrogen and oxygen atoms in total. The highest BCUT2D eigenvalue weighted by atomic mass is 35.5. The summed E-state index contributed by atoms with van der Waals surface area (Å²) in [5.41, 5.74) is 0.127. The summed E-state index contributed by atoms with van der Waals surface area (Å²) in [6.45, 7) is -0.334. The Morgan fingerprint density at radius 2 is 2.05 bits per heavy atom. The van der Waals surface area contributed by atoms with Crippen molar-refractivity contribution in [2.75, 3.05) is 7.11 Å². The highest BCUT2D eigenvalue weighted by Gasteiger charge is 2.19. The van der Waals surface area contributed by atoms with Crippen molar-refractivity contribution in [1.29, 1.82) is 0 Å². The SMILES string of the molecule is COc1ccc(Oc2cccc(Cl)c2CO)c([N+](=O)[O-])c1. The van der Waals surface area contributed by atoms with Crippen LogP contribution in [-0.2, 0) is 6.61 Å². The summed E-state index contributed by atoms with van der Waals surface area (Å²) in [4.78, 5) is 10.5. The lowest BCUT2D eigenvalue weighted by atomic mass is 10.2. The van der Waals surface area contributed by atoms with Gasteiger partial charge in [0.15, 0.2) is 0 Å². The van der Waals surface area contributed by atoms with Gasteiger partial charge in [-0.15, -0.1) is 0 Å². The van der Waals surface area contributed by atoms with Crippen LogP contribution in [0.5, 0.6) is 17.2 Å². The Balaban J connectivity index is 2.44. The van der Waals surface area contributed by atoms with Crippen LogP contribution in [0.15, 0.2) is 36.4 Å². The molecule has 0 aliphatic rings. The lowest BCUT2D eigenvalue weighted by Crippen LogP contribution is -1.97. The van der Waals surface area contributed by atoms with Crippen LogP contribution in [0.3, 0.4) is 0 Å². The summed E-state index contributed by atoms with van der Waals surface area (Å²) in [7, 11) is 1.42. The highest BCUT2D eigenvalue weighted by molar-refractivity contribution is 6.31. The molecule has 1 N–H and O–H groups in total. The second kappa shape index (κ2) is 6.43. The average molecular weight is 310 g/mol. The van der Waals surface area contributed by atoms with Gasteiger partial charge in [0.1, 0.15) is 11.5 Å². The van der Waals surface area contributed by atoms with E-state index < -0.39 is 4.92 Å². The molecule has 0 bridgehead atoms. The summed E-state index contributed by atoms with van der Waals surface area (Å²) in [5, 5.41) is 20.7.